The minimum atomic E-state index is -1.19. The van der Waals surface area contributed by atoms with Crippen LogP contribution in [0.25, 0.3) is 10.8 Å². The summed E-state index contributed by atoms with van der Waals surface area (Å²) in [5.74, 6) is -0.551. The van der Waals surface area contributed by atoms with E-state index in [1.165, 1.54) is 0 Å². The molecular weight excluding hydrogens is 354 g/mol. The summed E-state index contributed by atoms with van der Waals surface area (Å²) < 4.78 is 0. The van der Waals surface area contributed by atoms with Gasteiger partial charge in [0.25, 0.3) is 5.91 Å². The summed E-state index contributed by atoms with van der Waals surface area (Å²) in [6.45, 7) is 4.20. The first-order chi connectivity index (χ1) is 13.4. The normalized spacial score (nSPS) is 25.3. The number of likely N-dealkylation sites (tertiary alicyclic amines) is 1. The van der Waals surface area contributed by atoms with Crippen molar-refractivity contribution < 1.29 is 14.4 Å². The van der Waals surface area contributed by atoms with Crippen LogP contribution in [0.1, 0.15) is 38.7 Å². The van der Waals surface area contributed by atoms with E-state index in [-0.39, 0.29) is 24.4 Å². The Balaban J connectivity index is 1.62. The number of nitrogens with zero attached hydrogens (tertiary/aromatic N) is 2. The summed E-state index contributed by atoms with van der Waals surface area (Å²) in [5.41, 5.74) is -0.448. The SMILES string of the molecule is C[C@@H]1CCCCN1C(=O)CN1C(=O)N[C@@](C)(c2cccc3ccccc23)C1=O. The molecule has 2 heterocycles. The largest absolute Gasteiger partial charge is 0.338 e. The Kier molecular flexibility index (Phi) is 4.57. The van der Waals surface area contributed by atoms with Crippen molar-refractivity contribution in [3.05, 3.63) is 48.0 Å². The van der Waals surface area contributed by atoms with E-state index in [1.54, 1.807) is 11.8 Å². The number of imide groups is 1. The van der Waals surface area contributed by atoms with Crippen molar-refractivity contribution in [3.63, 3.8) is 0 Å². The van der Waals surface area contributed by atoms with Gasteiger partial charge in [-0.3, -0.25) is 14.5 Å². The van der Waals surface area contributed by atoms with Crippen molar-refractivity contribution in [3.8, 4) is 0 Å². The Labute approximate surface area is 164 Å². The first-order valence-electron chi connectivity index (χ1n) is 9.83. The van der Waals surface area contributed by atoms with Gasteiger partial charge < -0.3 is 10.2 Å². The Hall–Kier alpha value is -2.89. The van der Waals surface area contributed by atoms with Crippen LogP contribution in [0, 0.1) is 0 Å². The fourth-order valence-electron chi connectivity index (χ4n) is 4.38. The summed E-state index contributed by atoms with van der Waals surface area (Å²) in [4.78, 5) is 41.5. The lowest BCUT2D eigenvalue weighted by molar-refractivity contribution is -0.140. The number of piperidine rings is 1. The predicted octanol–water partition coefficient (Wildman–Crippen LogP) is 3.01. The third-order valence-electron chi connectivity index (χ3n) is 6.02. The van der Waals surface area contributed by atoms with E-state index in [0.29, 0.717) is 6.54 Å². The van der Waals surface area contributed by atoms with Gasteiger partial charge in [-0.25, -0.2) is 4.79 Å². The average molecular weight is 379 g/mol. The van der Waals surface area contributed by atoms with Crippen LogP contribution < -0.4 is 5.32 Å². The van der Waals surface area contributed by atoms with Crippen LogP contribution in [-0.2, 0) is 15.1 Å². The summed E-state index contributed by atoms with van der Waals surface area (Å²) >= 11 is 0. The van der Waals surface area contributed by atoms with Crippen LogP contribution in [0.15, 0.2) is 42.5 Å². The average Bonchev–Trinajstić information content (AvgIpc) is 2.91. The lowest BCUT2D eigenvalue weighted by Crippen LogP contribution is -2.48. The zero-order valence-electron chi connectivity index (χ0n) is 16.3. The highest BCUT2D eigenvalue weighted by Crippen LogP contribution is 2.34. The highest BCUT2D eigenvalue weighted by atomic mass is 16.2. The summed E-state index contributed by atoms with van der Waals surface area (Å²) in [5, 5.41) is 4.74. The van der Waals surface area contributed by atoms with Crippen LogP contribution in [-0.4, -0.2) is 46.8 Å². The van der Waals surface area contributed by atoms with E-state index in [1.807, 2.05) is 49.4 Å². The molecule has 4 amide bonds. The van der Waals surface area contributed by atoms with Gasteiger partial charge in [-0.05, 0) is 49.4 Å². The molecule has 6 nitrogen and oxygen atoms in total. The smallest absolute Gasteiger partial charge is 0.325 e. The van der Waals surface area contributed by atoms with Crippen molar-refractivity contribution in [2.75, 3.05) is 13.1 Å². The molecular formula is C22H25N3O3. The van der Waals surface area contributed by atoms with Crippen LogP contribution in [0.2, 0.25) is 0 Å². The first-order valence-corrected chi connectivity index (χ1v) is 9.83. The van der Waals surface area contributed by atoms with Crippen molar-refractivity contribution in [2.24, 2.45) is 0 Å². The molecule has 2 aliphatic heterocycles. The molecule has 4 rings (SSSR count). The lowest BCUT2D eigenvalue weighted by Gasteiger charge is -2.34. The maximum absolute atomic E-state index is 13.3. The topological polar surface area (TPSA) is 69.7 Å². The quantitative estimate of drug-likeness (QED) is 0.834. The molecule has 2 aliphatic rings. The number of nitrogens with one attached hydrogen (secondary N) is 1. The van der Waals surface area contributed by atoms with E-state index in [4.69, 9.17) is 0 Å². The monoisotopic (exact) mass is 379 g/mol. The van der Waals surface area contributed by atoms with Crippen molar-refractivity contribution >= 4 is 28.6 Å². The van der Waals surface area contributed by atoms with E-state index in [2.05, 4.69) is 5.32 Å². The summed E-state index contributed by atoms with van der Waals surface area (Å²) in [7, 11) is 0. The maximum Gasteiger partial charge on any atom is 0.325 e. The number of amides is 4. The van der Waals surface area contributed by atoms with Gasteiger partial charge in [0.1, 0.15) is 12.1 Å². The molecule has 0 bridgehead atoms. The number of benzene rings is 2. The molecule has 2 aromatic rings. The fourth-order valence-corrected chi connectivity index (χ4v) is 4.38. The number of carbonyl (C=O) groups is 3. The Morgan fingerprint density at radius 2 is 1.89 bits per heavy atom. The number of fused-ring (bicyclic) bond motifs is 1. The second-order valence-electron chi connectivity index (χ2n) is 7.91. The van der Waals surface area contributed by atoms with Crippen LogP contribution >= 0.6 is 0 Å². The van der Waals surface area contributed by atoms with Crippen LogP contribution in [0.4, 0.5) is 4.79 Å². The molecule has 1 N–H and O–H groups in total. The van der Waals surface area contributed by atoms with Gasteiger partial charge in [0.05, 0.1) is 0 Å². The van der Waals surface area contributed by atoms with Crippen molar-refractivity contribution in [2.45, 2.75) is 44.7 Å². The van der Waals surface area contributed by atoms with E-state index >= 15 is 0 Å². The highest BCUT2D eigenvalue weighted by molar-refractivity contribution is 6.10. The highest BCUT2D eigenvalue weighted by Gasteiger charge is 2.50. The van der Waals surface area contributed by atoms with Crippen molar-refractivity contribution in [1.29, 1.82) is 0 Å². The summed E-state index contributed by atoms with van der Waals surface area (Å²) in [6.07, 6.45) is 3.02. The molecule has 0 aromatic heterocycles. The van der Waals surface area contributed by atoms with Crippen molar-refractivity contribution in [1.82, 2.24) is 15.1 Å². The summed E-state index contributed by atoms with van der Waals surface area (Å²) in [6, 6.07) is 13.1. The van der Waals surface area contributed by atoms with Crippen LogP contribution in [0.3, 0.4) is 0 Å². The zero-order valence-corrected chi connectivity index (χ0v) is 16.3. The minimum Gasteiger partial charge on any atom is -0.338 e. The maximum atomic E-state index is 13.3. The number of urea groups is 1. The molecule has 2 aromatic carbocycles. The Morgan fingerprint density at radius 1 is 1.14 bits per heavy atom. The van der Waals surface area contributed by atoms with Gasteiger partial charge in [0, 0.05) is 12.6 Å². The molecule has 28 heavy (non-hydrogen) atoms. The minimum absolute atomic E-state index is 0.145. The zero-order chi connectivity index (χ0) is 19.9. The van der Waals surface area contributed by atoms with Gasteiger partial charge in [-0.15, -0.1) is 0 Å². The van der Waals surface area contributed by atoms with E-state index in [9.17, 15) is 14.4 Å². The Bertz CT molecular complexity index is 952. The third kappa shape index (κ3) is 2.93. The lowest BCUT2D eigenvalue weighted by atomic mass is 9.88. The second-order valence-corrected chi connectivity index (χ2v) is 7.91. The molecule has 146 valence electrons. The van der Waals surface area contributed by atoms with Gasteiger partial charge in [0.15, 0.2) is 0 Å². The predicted molar refractivity (Wildman–Crippen MR) is 107 cm³/mol. The number of rotatable bonds is 3. The molecule has 0 radical (unpaired) electrons. The molecule has 6 heteroatoms. The molecule has 2 atom stereocenters. The van der Waals surface area contributed by atoms with E-state index < -0.39 is 11.6 Å². The van der Waals surface area contributed by atoms with Crippen LogP contribution in [0.5, 0.6) is 0 Å². The molecule has 2 fully saturated rings. The molecule has 0 aliphatic carbocycles. The number of hydrogen-bond acceptors (Lipinski definition) is 3. The first kappa shape index (κ1) is 18.5. The van der Waals surface area contributed by atoms with Gasteiger partial charge in [0.2, 0.25) is 5.91 Å². The Morgan fingerprint density at radius 3 is 2.68 bits per heavy atom. The molecule has 0 unspecified atom stereocenters. The molecule has 2 saturated heterocycles. The van der Waals surface area contributed by atoms with Gasteiger partial charge in [-0.2, -0.15) is 0 Å². The van der Waals surface area contributed by atoms with E-state index in [0.717, 1.165) is 40.5 Å². The number of hydrogen-bond donors (Lipinski definition) is 1. The third-order valence-corrected chi connectivity index (χ3v) is 6.02. The number of carbonyl (C=O) groups excluding carboxylic acids is 3. The fraction of sp³-hybridized carbons (Fsp3) is 0.409. The van der Waals surface area contributed by atoms with Gasteiger partial charge >= 0.3 is 6.03 Å². The second kappa shape index (κ2) is 6.93. The molecule has 0 spiro atoms. The molecule has 0 saturated carbocycles. The standard InChI is InChI=1S/C22H25N3O3/c1-15-8-5-6-13-24(15)19(26)14-25-20(27)22(2,23-21(25)28)18-12-7-10-16-9-3-4-11-17(16)18/h3-4,7,9-12,15H,5-6,8,13-14H2,1-2H3,(H,23,28)/t15-,22+/m1/s1. The van der Waals surface area contributed by atoms with Gasteiger partial charge in [-0.1, -0.05) is 42.5 Å².